The summed E-state index contributed by atoms with van der Waals surface area (Å²) in [5.41, 5.74) is 15.9. The number of carbonyl (C=O) groups is 5. The molecule has 10 N–H and O–H groups in total. The zero-order valence-corrected chi connectivity index (χ0v) is 19.0. The second-order valence-corrected chi connectivity index (χ2v) is 8.09. The molecule has 0 bridgehead atoms. The Morgan fingerprint density at radius 1 is 0.909 bits per heavy atom. The van der Waals surface area contributed by atoms with E-state index in [-0.39, 0.29) is 12.3 Å². The van der Waals surface area contributed by atoms with Crippen molar-refractivity contribution in [3.63, 3.8) is 0 Å². The molecular formula is C20H35N6O7. The first-order chi connectivity index (χ1) is 15.4. The maximum atomic E-state index is 12.7. The SMILES string of the molecule is CC(C)C[C@H](NC(=O)[C@H](CC(=O)O)NC(=O)[C@@H](N)CC(N)=O)C(=O)N[C@H]([C]=O)CCCCN. The van der Waals surface area contributed by atoms with Crippen molar-refractivity contribution in [2.45, 2.75) is 76.5 Å². The molecule has 0 aromatic carbocycles. The second kappa shape index (κ2) is 15.7. The Balaban J connectivity index is 5.38. The molecule has 0 rings (SSSR count). The van der Waals surface area contributed by atoms with Gasteiger partial charge in [0, 0.05) is 0 Å². The molecular weight excluding hydrogens is 436 g/mol. The Bertz CT molecular complexity index is 700. The molecule has 0 unspecified atom stereocenters. The van der Waals surface area contributed by atoms with E-state index in [2.05, 4.69) is 16.0 Å². The lowest BCUT2D eigenvalue weighted by atomic mass is 10.0. The summed E-state index contributed by atoms with van der Waals surface area (Å²) >= 11 is 0. The number of hydrogen-bond acceptors (Lipinski definition) is 8. The van der Waals surface area contributed by atoms with Crippen LogP contribution in [0.4, 0.5) is 0 Å². The minimum atomic E-state index is -1.56. The standard InChI is InChI=1S/C20H35N6O7/c1-11(2)7-14(19(32)24-12(10-27)5-3-4-6-21)26-20(33)15(9-17(29)30)25-18(31)13(22)8-16(23)28/h11-15H,3-9,21-22H2,1-2H3,(H2,23,28)(H,24,32)(H,25,31)(H,26,33)(H,29,30)/t12-,13-,14-,15-/m0/s1. The summed E-state index contributed by atoms with van der Waals surface area (Å²) in [5.74, 6) is -4.82. The Hall–Kier alpha value is -3.06. The summed E-state index contributed by atoms with van der Waals surface area (Å²) < 4.78 is 0. The fourth-order valence-electron chi connectivity index (χ4n) is 2.87. The molecule has 13 nitrogen and oxygen atoms in total. The molecule has 0 aliphatic carbocycles. The van der Waals surface area contributed by atoms with E-state index < -0.39 is 66.6 Å². The van der Waals surface area contributed by atoms with Crippen molar-refractivity contribution in [1.82, 2.24) is 16.0 Å². The van der Waals surface area contributed by atoms with Crippen LogP contribution in [0.3, 0.4) is 0 Å². The van der Waals surface area contributed by atoms with Crippen LogP contribution in [0.1, 0.15) is 52.4 Å². The highest BCUT2D eigenvalue weighted by Crippen LogP contribution is 2.08. The summed E-state index contributed by atoms with van der Waals surface area (Å²) in [6.45, 7) is 4.04. The molecule has 33 heavy (non-hydrogen) atoms. The van der Waals surface area contributed by atoms with Crippen molar-refractivity contribution in [3.8, 4) is 0 Å². The molecule has 187 valence electrons. The number of nitrogens with one attached hydrogen (secondary N) is 3. The van der Waals surface area contributed by atoms with Gasteiger partial charge in [-0.15, -0.1) is 0 Å². The number of carbonyl (C=O) groups excluding carboxylic acids is 5. The van der Waals surface area contributed by atoms with E-state index in [4.69, 9.17) is 22.3 Å². The maximum Gasteiger partial charge on any atom is 0.305 e. The monoisotopic (exact) mass is 471 g/mol. The third-order valence-corrected chi connectivity index (χ3v) is 4.52. The van der Waals surface area contributed by atoms with Crippen LogP contribution < -0.4 is 33.2 Å². The van der Waals surface area contributed by atoms with E-state index in [1.165, 1.54) is 0 Å². The Morgan fingerprint density at radius 3 is 1.97 bits per heavy atom. The molecule has 4 amide bonds. The first kappa shape index (κ1) is 29.9. The van der Waals surface area contributed by atoms with Crippen molar-refractivity contribution >= 4 is 35.9 Å². The van der Waals surface area contributed by atoms with Crippen LogP contribution in [0.5, 0.6) is 0 Å². The van der Waals surface area contributed by atoms with Gasteiger partial charge in [-0.1, -0.05) is 13.8 Å². The predicted octanol–water partition coefficient (Wildman–Crippen LogP) is -2.60. The Labute approximate surface area is 192 Å². The number of primary amides is 1. The van der Waals surface area contributed by atoms with Gasteiger partial charge in [-0.2, -0.15) is 0 Å². The maximum absolute atomic E-state index is 12.7. The van der Waals surface area contributed by atoms with Gasteiger partial charge in [0.05, 0.1) is 24.9 Å². The van der Waals surface area contributed by atoms with Gasteiger partial charge in [-0.3, -0.25) is 28.8 Å². The molecule has 13 heteroatoms. The highest BCUT2D eigenvalue weighted by molar-refractivity contribution is 5.96. The summed E-state index contributed by atoms with van der Waals surface area (Å²) in [7, 11) is 0. The first-order valence-electron chi connectivity index (χ1n) is 10.7. The smallest absolute Gasteiger partial charge is 0.305 e. The number of nitrogens with two attached hydrogens (primary N) is 3. The number of hydrogen-bond donors (Lipinski definition) is 7. The van der Waals surface area contributed by atoms with Gasteiger partial charge in [0.25, 0.3) is 0 Å². The highest BCUT2D eigenvalue weighted by atomic mass is 16.4. The normalized spacial score (nSPS) is 14.5. The Kier molecular flexibility index (Phi) is 14.2. The fourth-order valence-corrected chi connectivity index (χ4v) is 2.87. The van der Waals surface area contributed by atoms with Gasteiger partial charge >= 0.3 is 5.97 Å². The van der Waals surface area contributed by atoms with Gasteiger partial charge in [-0.25, -0.2) is 0 Å². The van der Waals surface area contributed by atoms with E-state index in [0.29, 0.717) is 25.8 Å². The van der Waals surface area contributed by atoms with E-state index in [0.717, 1.165) is 0 Å². The fraction of sp³-hybridized carbons (Fsp3) is 0.700. The lowest BCUT2D eigenvalue weighted by Crippen LogP contribution is -2.57. The minimum Gasteiger partial charge on any atom is -0.481 e. The zero-order chi connectivity index (χ0) is 25.6. The van der Waals surface area contributed by atoms with Gasteiger partial charge in [-0.05, 0) is 38.1 Å². The number of carboxylic acids is 1. The molecule has 0 aliphatic rings. The van der Waals surface area contributed by atoms with Crippen molar-refractivity contribution in [1.29, 1.82) is 0 Å². The van der Waals surface area contributed by atoms with E-state index >= 15 is 0 Å². The quantitative estimate of drug-likeness (QED) is 0.110. The van der Waals surface area contributed by atoms with E-state index in [9.17, 15) is 28.8 Å². The van der Waals surface area contributed by atoms with Crippen molar-refractivity contribution in [2.75, 3.05) is 6.54 Å². The Morgan fingerprint density at radius 2 is 1.48 bits per heavy atom. The molecule has 4 atom stereocenters. The van der Waals surface area contributed by atoms with Crippen LogP contribution in [-0.4, -0.2) is 71.7 Å². The number of unbranched alkanes of at least 4 members (excludes halogenated alkanes) is 1. The van der Waals surface area contributed by atoms with Crippen LogP contribution in [0.2, 0.25) is 0 Å². The summed E-state index contributed by atoms with van der Waals surface area (Å²) in [6.07, 6.45) is 2.20. The third kappa shape index (κ3) is 13.2. The van der Waals surface area contributed by atoms with Crippen LogP contribution in [0.15, 0.2) is 0 Å². The minimum absolute atomic E-state index is 0.0477. The topological polar surface area (TPSA) is 237 Å². The third-order valence-electron chi connectivity index (χ3n) is 4.52. The van der Waals surface area contributed by atoms with E-state index in [1.807, 2.05) is 0 Å². The molecule has 0 saturated carbocycles. The zero-order valence-electron chi connectivity index (χ0n) is 19.0. The molecule has 0 aliphatic heterocycles. The lowest BCUT2D eigenvalue weighted by Gasteiger charge is -2.25. The molecule has 0 aromatic rings. The second-order valence-electron chi connectivity index (χ2n) is 8.09. The van der Waals surface area contributed by atoms with Crippen LogP contribution >= 0.6 is 0 Å². The largest absolute Gasteiger partial charge is 0.481 e. The average Bonchev–Trinajstić information content (AvgIpc) is 2.70. The predicted molar refractivity (Wildman–Crippen MR) is 118 cm³/mol. The number of carboxylic acid groups (broad SMARTS) is 1. The highest BCUT2D eigenvalue weighted by Gasteiger charge is 2.31. The van der Waals surface area contributed by atoms with Gasteiger partial charge < -0.3 is 38.3 Å². The van der Waals surface area contributed by atoms with E-state index in [1.54, 1.807) is 20.1 Å². The molecule has 0 spiro atoms. The van der Waals surface area contributed by atoms with Crippen LogP contribution in [0.25, 0.3) is 0 Å². The molecule has 1 radical (unpaired) electrons. The van der Waals surface area contributed by atoms with Crippen molar-refractivity contribution < 1.29 is 33.9 Å². The summed E-state index contributed by atoms with van der Waals surface area (Å²) in [5, 5.41) is 16.2. The van der Waals surface area contributed by atoms with Gasteiger partial charge in [0.1, 0.15) is 12.1 Å². The van der Waals surface area contributed by atoms with Gasteiger partial charge in [0.2, 0.25) is 29.9 Å². The molecule has 0 heterocycles. The average molecular weight is 472 g/mol. The van der Waals surface area contributed by atoms with Crippen molar-refractivity contribution in [2.24, 2.45) is 23.1 Å². The van der Waals surface area contributed by atoms with Crippen LogP contribution in [-0.2, 0) is 28.8 Å². The first-order valence-corrected chi connectivity index (χ1v) is 10.7. The number of aliphatic carboxylic acids is 1. The number of amides is 4. The molecule has 0 aromatic heterocycles. The summed E-state index contributed by atoms with van der Waals surface area (Å²) in [4.78, 5) is 70.9. The number of rotatable bonds is 17. The van der Waals surface area contributed by atoms with Crippen molar-refractivity contribution in [3.05, 3.63) is 0 Å². The lowest BCUT2D eigenvalue weighted by molar-refractivity contribution is -0.141. The molecule has 0 saturated heterocycles. The molecule has 0 fully saturated rings. The van der Waals surface area contributed by atoms with Crippen LogP contribution in [0, 0.1) is 5.92 Å². The van der Waals surface area contributed by atoms with Gasteiger partial charge in [0.15, 0.2) is 0 Å². The summed E-state index contributed by atoms with van der Waals surface area (Å²) in [6, 6.07) is -4.93.